The second kappa shape index (κ2) is 6.57. The van der Waals surface area contributed by atoms with Gasteiger partial charge >= 0.3 is 0 Å². The van der Waals surface area contributed by atoms with E-state index in [1.807, 2.05) is 19.2 Å². The number of ether oxygens (including phenoxy) is 1. The van der Waals surface area contributed by atoms with E-state index in [0.29, 0.717) is 13.0 Å². The van der Waals surface area contributed by atoms with E-state index in [1.165, 1.54) is 5.56 Å². The van der Waals surface area contributed by atoms with Gasteiger partial charge in [0, 0.05) is 41.3 Å². The summed E-state index contributed by atoms with van der Waals surface area (Å²) in [7, 11) is 0. The van der Waals surface area contributed by atoms with E-state index in [9.17, 15) is 5.11 Å². The third-order valence-corrected chi connectivity index (χ3v) is 5.66. The van der Waals surface area contributed by atoms with E-state index in [1.54, 1.807) is 0 Å². The van der Waals surface area contributed by atoms with Crippen LogP contribution in [-0.4, -0.2) is 28.3 Å². The normalized spacial score (nSPS) is 13.1. The van der Waals surface area contributed by atoms with Gasteiger partial charge < -0.3 is 9.84 Å². The van der Waals surface area contributed by atoms with E-state index >= 15 is 0 Å². The Labute approximate surface area is 163 Å². The minimum atomic E-state index is 0.108. The molecule has 0 spiro atoms. The Kier molecular flexibility index (Phi) is 4.02. The van der Waals surface area contributed by atoms with Crippen molar-refractivity contribution < 1.29 is 9.84 Å². The van der Waals surface area contributed by atoms with Gasteiger partial charge in [0.25, 0.3) is 0 Å². The van der Waals surface area contributed by atoms with Crippen molar-refractivity contribution in [1.82, 2.24) is 9.97 Å². The fraction of sp³-hybridized carbons (Fsp3) is 0.250. The molecule has 4 heteroatoms. The third-order valence-electron chi connectivity index (χ3n) is 5.66. The number of pyridine rings is 2. The SMILES string of the molecule is Cc1ccc2c(-c3ccc4c5c(ccnc35)CCO4)c(CCO)c(C)cc2n1. The van der Waals surface area contributed by atoms with Crippen molar-refractivity contribution in [2.45, 2.75) is 26.7 Å². The average Bonchev–Trinajstić information content (AvgIpc) is 2.70. The van der Waals surface area contributed by atoms with Gasteiger partial charge in [-0.05, 0) is 72.9 Å². The summed E-state index contributed by atoms with van der Waals surface area (Å²) < 4.78 is 5.90. The van der Waals surface area contributed by atoms with E-state index in [0.717, 1.165) is 61.9 Å². The molecule has 0 radical (unpaired) electrons. The maximum Gasteiger partial charge on any atom is 0.129 e. The molecule has 4 aromatic rings. The Balaban J connectivity index is 1.92. The van der Waals surface area contributed by atoms with Gasteiger partial charge in [0.05, 0.1) is 17.6 Å². The van der Waals surface area contributed by atoms with Crippen LogP contribution in [0.5, 0.6) is 5.75 Å². The summed E-state index contributed by atoms with van der Waals surface area (Å²) in [4.78, 5) is 9.51. The second-order valence-electron chi connectivity index (χ2n) is 7.44. The molecular weight excluding hydrogens is 348 g/mol. The molecule has 0 amide bonds. The topological polar surface area (TPSA) is 55.2 Å². The highest BCUT2D eigenvalue weighted by Crippen LogP contribution is 2.41. The van der Waals surface area contributed by atoms with Crippen LogP contribution in [0.4, 0.5) is 0 Å². The lowest BCUT2D eigenvalue weighted by atomic mass is 9.88. The molecule has 0 aliphatic carbocycles. The van der Waals surface area contributed by atoms with Gasteiger partial charge in [0.15, 0.2) is 0 Å². The molecule has 0 bridgehead atoms. The van der Waals surface area contributed by atoms with Crippen molar-refractivity contribution in [1.29, 1.82) is 0 Å². The summed E-state index contributed by atoms with van der Waals surface area (Å²) in [5, 5.41) is 11.9. The van der Waals surface area contributed by atoms with Gasteiger partial charge in [-0.3, -0.25) is 9.97 Å². The first kappa shape index (κ1) is 17.1. The molecule has 1 N–H and O–H groups in total. The van der Waals surface area contributed by atoms with E-state index in [2.05, 4.69) is 37.3 Å². The molecule has 0 saturated carbocycles. The largest absolute Gasteiger partial charge is 0.493 e. The van der Waals surface area contributed by atoms with Gasteiger partial charge in [0.2, 0.25) is 0 Å². The van der Waals surface area contributed by atoms with Gasteiger partial charge in [-0.2, -0.15) is 0 Å². The molecule has 28 heavy (non-hydrogen) atoms. The molecule has 5 rings (SSSR count). The lowest BCUT2D eigenvalue weighted by Crippen LogP contribution is -2.09. The standard InChI is InChI=1S/C24H22N2O2/c1-14-13-20-18(4-3-15(2)26-20)23(17(14)8-11-27)19-5-6-21-22-16(9-12-28-21)7-10-25-24(19)22/h3-7,10,13,27H,8-9,11-12H2,1-2H3. The predicted molar refractivity (Wildman–Crippen MR) is 112 cm³/mol. The van der Waals surface area contributed by atoms with Crippen molar-refractivity contribution in [3.63, 3.8) is 0 Å². The third kappa shape index (κ3) is 2.56. The van der Waals surface area contributed by atoms with Crippen LogP contribution in [0.1, 0.15) is 22.4 Å². The highest BCUT2D eigenvalue weighted by Gasteiger charge is 2.21. The summed E-state index contributed by atoms with van der Waals surface area (Å²) in [6, 6.07) is 12.6. The summed E-state index contributed by atoms with van der Waals surface area (Å²) in [5.41, 5.74) is 8.71. The maximum absolute atomic E-state index is 9.73. The number of aliphatic hydroxyl groups excluding tert-OH is 1. The quantitative estimate of drug-likeness (QED) is 0.575. The minimum Gasteiger partial charge on any atom is -0.493 e. The second-order valence-corrected chi connectivity index (χ2v) is 7.44. The predicted octanol–water partition coefficient (Wildman–Crippen LogP) is 4.54. The zero-order valence-corrected chi connectivity index (χ0v) is 16.1. The number of hydrogen-bond acceptors (Lipinski definition) is 4. The van der Waals surface area contributed by atoms with Crippen LogP contribution in [0.25, 0.3) is 32.9 Å². The Morgan fingerprint density at radius 3 is 2.86 bits per heavy atom. The maximum atomic E-state index is 9.73. The lowest BCUT2D eigenvalue weighted by molar-refractivity contribution is 0.299. The van der Waals surface area contributed by atoms with Gasteiger partial charge in [0.1, 0.15) is 5.75 Å². The van der Waals surface area contributed by atoms with Crippen molar-refractivity contribution in [3.05, 3.63) is 65.0 Å². The number of aromatic nitrogens is 2. The Morgan fingerprint density at radius 1 is 1.11 bits per heavy atom. The molecule has 2 aromatic heterocycles. The van der Waals surface area contributed by atoms with E-state index in [4.69, 9.17) is 14.7 Å². The van der Waals surface area contributed by atoms with Crippen LogP contribution in [0, 0.1) is 13.8 Å². The van der Waals surface area contributed by atoms with Gasteiger partial charge in [-0.1, -0.05) is 6.07 Å². The highest BCUT2D eigenvalue weighted by molar-refractivity contribution is 6.07. The molecule has 0 saturated heterocycles. The number of benzene rings is 2. The Morgan fingerprint density at radius 2 is 2.00 bits per heavy atom. The van der Waals surface area contributed by atoms with E-state index < -0.39 is 0 Å². The molecular formula is C24H22N2O2. The smallest absolute Gasteiger partial charge is 0.129 e. The Hall–Kier alpha value is -2.98. The van der Waals surface area contributed by atoms with Crippen LogP contribution in [0.15, 0.2) is 42.6 Å². The number of aliphatic hydroxyl groups is 1. The van der Waals surface area contributed by atoms with Crippen molar-refractivity contribution in [2.75, 3.05) is 13.2 Å². The summed E-state index contributed by atoms with van der Waals surface area (Å²) in [6.45, 7) is 4.92. The summed E-state index contributed by atoms with van der Waals surface area (Å²) in [5.74, 6) is 0.905. The fourth-order valence-corrected chi connectivity index (χ4v) is 4.40. The van der Waals surface area contributed by atoms with Gasteiger partial charge in [-0.25, -0.2) is 0 Å². The molecule has 0 unspecified atom stereocenters. The van der Waals surface area contributed by atoms with Crippen LogP contribution < -0.4 is 4.74 Å². The monoisotopic (exact) mass is 370 g/mol. The Bertz CT molecular complexity index is 1220. The van der Waals surface area contributed by atoms with Crippen molar-refractivity contribution >= 4 is 21.8 Å². The van der Waals surface area contributed by atoms with Gasteiger partial charge in [-0.15, -0.1) is 0 Å². The molecule has 2 aromatic carbocycles. The first-order valence-electron chi connectivity index (χ1n) is 9.72. The number of aryl methyl sites for hydroxylation is 2. The molecule has 0 fully saturated rings. The number of fused-ring (bicyclic) bond motifs is 1. The van der Waals surface area contributed by atoms with Crippen LogP contribution >= 0.6 is 0 Å². The van der Waals surface area contributed by atoms with E-state index in [-0.39, 0.29) is 6.61 Å². The lowest BCUT2D eigenvalue weighted by Gasteiger charge is -2.21. The molecule has 1 aliphatic heterocycles. The fourth-order valence-electron chi connectivity index (χ4n) is 4.40. The number of nitrogens with zero attached hydrogens (tertiary/aromatic N) is 2. The molecule has 1 aliphatic rings. The van der Waals surface area contributed by atoms with Crippen molar-refractivity contribution in [2.24, 2.45) is 0 Å². The highest BCUT2D eigenvalue weighted by atomic mass is 16.5. The number of hydrogen-bond donors (Lipinski definition) is 1. The minimum absolute atomic E-state index is 0.108. The van der Waals surface area contributed by atoms with Crippen LogP contribution in [-0.2, 0) is 12.8 Å². The zero-order valence-electron chi connectivity index (χ0n) is 16.1. The molecule has 0 atom stereocenters. The van der Waals surface area contributed by atoms with Crippen LogP contribution in [0.3, 0.4) is 0 Å². The van der Waals surface area contributed by atoms with Crippen molar-refractivity contribution in [3.8, 4) is 16.9 Å². The summed E-state index contributed by atoms with van der Waals surface area (Å²) in [6.07, 6.45) is 3.39. The van der Waals surface area contributed by atoms with Crippen LogP contribution in [0.2, 0.25) is 0 Å². The summed E-state index contributed by atoms with van der Waals surface area (Å²) >= 11 is 0. The first-order chi connectivity index (χ1) is 13.7. The molecule has 140 valence electrons. The zero-order chi connectivity index (χ0) is 19.3. The first-order valence-corrected chi connectivity index (χ1v) is 9.72. The molecule has 4 nitrogen and oxygen atoms in total. The molecule has 3 heterocycles. The average molecular weight is 370 g/mol. The number of rotatable bonds is 3.